The van der Waals surface area contributed by atoms with Crippen LogP contribution in [0.5, 0.6) is 5.75 Å². The molecule has 1 aliphatic heterocycles. The Kier molecular flexibility index (Phi) is 15.0. The van der Waals surface area contributed by atoms with Gasteiger partial charge in [-0.2, -0.15) is 10.1 Å². The van der Waals surface area contributed by atoms with Gasteiger partial charge in [-0.1, -0.05) is 39.7 Å². The van der Waals surface area contributed by atoms with Crippen LogP contribution in [-0.2, 0) is 32.2 Å². The summed E-state index contributed by atoms with van der Waals surface area (Å²) in [6, 6.07) is 12.0. The quantitative estimate of drug-likeness (QED) is 0.227. The van der Waals surface area contributed by atoms with Gasteiger partial charge >= 0.3 is 0 Å². The third kappa shape index (κ3) is 13.9. The van der Waals surface area contributed by atoms with Gasteiger partial charge in [-0.15, -0.1) is 0 Å². The molecule has 1 aliphatic rings. The fraction of sp³-hybridized carbons (Fsp3) is 0.536. The molecule has 0 amide bonds. The number of hydrogen-bond acceptors (Lipinski definition) is 11. The van der Waals surface area contributed by atoms with Crippen molar-refractivity contribution >= 4 is 12.4 Å². The number of pyridine rings is 1. The van der Waals surface area contributed by atoms with Crippen molar-refractivity contribution in [1.29, 1.82) is 0 Å². The number of rotatable bonds is 5. The number of fused-ring (bicyclic) bond motifs is 4. The molecule has 0 aliphatic carbocycles. The lowest BCUT2D eigenvalue weighted by atomic mass is 10.1. The van der Waals surface area contributed by atoms with E-state index in [4.69, 9.17) is 29.6 Å². The first kappa shape index (κ1) is 31.8. The molecule has 0 N–H and O–H groups in total. The Labute approximate surface area is 241 Å². The fourth-order valence-corrected chi connectivity index (χ4v) is 3.83. The van der Waals surface area contributed by atoms with Crippen molar-refractivity contribution < 1.29 is 24.1 Å². The Balaban J connectivity index is 1.60. The van der Waals surface area contributed by atoms with Crippen LogP contribution in [0, 0.1) is 0 Å². The molecular weight excluding hydrogens is 528 g/mol. The van der Waals surface area contributed by atoms with Crippen LogP contribution in [0.25, 0.3) is 10.4 Å². The van der Waals surface area contributed by atoms with Gasteiger partial charge in [0.1, 0.15) is 19.0 Å². The normalized spacial score (nSPS) is 17.9. The third-order valence-corrected chi connectivity index (χ3v) is 5.91. The second-order valence-electron chi connectivity index (χ2n) is 9.34. The molecule has 222 valence electrons. The van der Waals surface area contributed by atoms with Crippen LogP contribution in [-0.4, -0.2) is 94.3 Å². The second kappa shape index (κ2) is 19.4. The van der Waals surface area contributed by atoms with Crippen molar-refractivity contribution in [3.63, 3.8) is 0 Å². The Bertz CT molecular complexity index is 1070. The summed E-state index contributed by atoms with van der Waals surface area (Å²) in [6.45, 7) is 4.22. The van der Waals surface area contributed by atoms with Crippen molar-refractivity contribution in [3.8, 4) is 5.75 Å². The van der Waals surface area contributed by atoms with Gasteiger partial charge in [-0.25, -0.2) is 4.98 Å². The average Bonchev–Trinajstić information content (AvgIpc) is 2.96. The summed E-state index contributed by atoms with van der Waals surface area (Å²) >= 11 is 0. The molecule has 0 unspecified atom stereocenters. The molecule has 0 saturated carbocycles. The minimum Gasteiger partial charge on any atom is -0.493 e. The Morgan fingerprint density at radius 1 is 0.878 bits per heavy atom. The largest absolute Gasteiger partial charge is 0.493 e. The minimum atomic E-state index is 0.361. The van der Waals surface area contributed by atoms with E-state index in [0.29, 0.717) is 76.2 Å². The van der Waals surface area contributed by atoms with Gasteiger partial charge < -0.3 is 14.4 Å². The summed E-state index contributed by atoms with van der Waals surface area (Å²) in [6.07, 6.45) is 6.79. The van der Waals surface area contributed by atoms with E-state index in [-0.39, 0.29) is 0 Å². The molecule has 13 nitrogen and oxygen atoms in total. The monoisotopic (exact) mass is 568 g/mol. The highest BCUT2D eigenvalue weighted by atomic mass is 16.7. The molecule has 0 fully saturated rings. The van der Waals surface area contributed by atoms with E-state index < -0.39 is 0 Å². The zero-order valence-corrected chi connectivity index (χ0v) is 23.9. The average molecular weight is 569 g/mol. The molecule has 0 spiro atoms. The van der Waals surface area contributed by atoms with Gasteiger partial charge in [0.25, 0.3) is 0 Å². The molecule has 1 aromatic heterocycles. The van der Waals surface area contributed by atoms with Crippen molar-refractivity contribution in [3.05, 3.63) is 69.4 Å². The van der Waals surface area contributed by atoms with Crippen molar-refractivity contribution in [2.75, 3.05) is 66.8 Å². The smallest absolute Gasteiger partial charge is 0.123 e. The summed E-state index contributed by atoms with van der Waals surface area (Å²) in [4.78, 5) is 29.8. The van der Waals surface area contributed by atoms with E-state index >= 15 is 0 Å². The Morgan fingerprint density at radius 2 is 1.46 bits per heavy atom. The molecule has 13 heteroatoms. The van der Waals surface area contributed by atoms with Gasteiger partial charge in [-0.3, -0.25) is 9.68 Å². The highest BCUT2D eigenvalue weighted by Gasteiger charge is 2.05. The summed E-state index contributed by atoms with van der Waals surface area (Å²) in [5, 5.41) is 15.3. The van der Waals surface area contributed by atoms with Crippen molar-refractivity contribution in [2.24, 2.45) is 15.4 Å². The van der Waals surface area contributed by atoms with Gasteiger partial charge in [0.05, 0.1) is 43.6 Å². The molecule has 0 radical (unpaired) electrons. The number of aromatic nitrogens is 1. The molecule has 41 heavy (non-hydrogen) atoms. The topological polar surface area (TPSA) is 139 Å². The van der Waals surface area contributed by atoms with Crippen LogP contribution in [0.15, 0.2) is 51.8 Å². The molecular formula is C28H40N8O5. The first-order valence-electron chi connectivity index (χ1n) is 13.8. The minimum absolute atomic E-state index is 0.361. The van der Waals surface area contributed by atoms with Crippen LogP contribution in [0.2, 0.25) is 0 Å². The maximum absolute atomic E-state index is 8.42. The van der Waals surface area contributed by atoms with E-state index in [1.54, 1.807) is 12.1 Å². The first-order valence-corrected chi connectivity index (χ1v) is 13.8. The van der Waals surface area contributed by atoms with Gasteiger partial charge in [0, 0.05) is 50.8 Å². The third-order valence-electron chi connectivity index (χ3n) is 5.91. The lowest BCUT2D eigenvalue weighted by Crippen LogP contribution is -2.22. The maximum Gasteiger partial charge on any atom is 0.123 e. The second-order valence-corrected chi connectivity index (χ2v) is 9.34. The molecule has 3 rings (SSSR count). The zero-order valence-electron chi connectivity index (χ0n) is 23.9. The maximum atomic E-state index is 8.42. The number of azide groups is 1. The predicted octanol–water partition coefficient (Wildman–Crippen LogP) is 4.17. The molecule has 1 aromatic carbocycles. The number of hydrogen-bond donors (Lipinski definition) is 0. The standard InChI is InChI=1S/C28H40N8O5/c1-35-12-5-15-38-31-22-26-20-28(37-14-4-11-30-34-29)21-27(33-26)23-32-39-16-6-13-36(2)41-18-10-25-8-3-7-24(19-25)9-17-40-35/h3,7-8,19-23H,4-6,9-18H2,1-2H3/b31-22-,32-23?. The number of oxime groups is 2. The van der Waals surface area contributed by atoms with E-state index in [1.807, 2.05) is 24.2 Å². The van der Waals surface area contributed by atoms with Gasteiger partial charge in [0.15, 0.2) is 0 Å². The van der Waals surface area contributed by atoms with Gasteiger partial charge in [0.2, 0.25) is 0 Å². The summed E-state index contributed by atoms with van der Waals surface area (Å²) in [5.74, 6) is 0.584. The molecule has 0 atom stereocenters. The lowest BCUT2D eigenvalue weighted by Gasteiger charge is -2.17. The van der Waals surface area contributed by atoms with Gasteiger partial charge in [-0.05, 0) is 48.8 Å². The van der Waals surface area contributed by atoms with Crippen molar-refractivity contribution in [1.82, 2.24) is 15.1 Å². The van der Waals surface area contributed by atoms with Crippen LogP contribution in [0.3, 0.4) is 0 Å². The SMILES string of the molecule is CN1CCCON=Cc2cc(OCCCN=[N+]=[N-])cc(n2)/C=N\OCCCN(C)OCCc2cccc(c2)CCO1. The molecule has 2 aromatic rings. The van der Waals surface area contributed by atoms with Crippen LogP contribution in [0.1, 0.15) is 41.8 Å². The Hall–Kier alpha value is -3.74. The first-order chi connectivity index (χ1) is 20.1. The van der Waals surface area contributed by atoms with E-state index in [0.717, 1.165) is 25.7 Å². The van der Waals surface area contributed by atoms with Crippen LogP contribution < -0.4 is 4.74 Å². The fourth-order valence-electron chi connectivity index (χ4n) is 3.83. The lowest BCUT2D eigenvalue weighted by molar-refractivity contribution is -0.141. The molecule has 4 bridgehead atoms. The predicted molar refractivity (Wildman–Crippen MR) is 156 cm³/mol. The van der Waals surface area contributed by atoms with E-state index in [1.165, 1.54) is 23.6 Å². The van der Waals surface area contributed by atoms with Crippen LogP contribution in [0.4, 0.5) is 0 Å². The number of ether oxygens (including phenoxy) is 1. The summed E-state index contributed by atoms with van der Waals surface area (Å²) < 4.78 is 5.80. The highest BCUT2D eigenvalue weighted by molar-refractivity contribution is 5.82. The number of nitrogens with zero attached hydrogens (tertiary/aromatic N) is 8. The van der Waals surface area contributed by atoms with Crippen LogP contribution >= 0.6 is 0 Å². The summed E-state index contributed by atoms with van der Waals surface area (Å²) in [7, 11) is 3.83. The Morgan fingerprint density at radius 3 is 2.02 bits per heavy atom. The van der Waals surface area contributed by atoms with E-state index in [2.05, 4.69) is 49.6 Å². The number of hydroxylamine groups is 4. The zero-order chi connectivity index (χ0) is 29.0. The van der Waals surface area contributed by atoms with Crippen molar-refractivity contribution in [2.45, 2.75) is 32.1 Å². The number of benzene rings is 1. The molecule has 2 heterocycles. The van der Waals surface area contributed by atoms with E-state index in [9.17, 15) is 0 Å². The molecule has 0 saturated heterocycles. The summed E-state index contributed by atoms with van der Waals surface area (Å²) in [5.41, 5.74) is 12.0. The highest BCUT2D eigenvalue weighted by Crippen LogP contribution is 2.14.